The van der Waals surface area contributed by atoms with Gasteiger partial charge < -0.3 is 14.5 Å². The first-order chi connectivity index (χ1) is 21.8. The SMILES string of the molecule is c1ccc(N2c3ccccc3Oc3cc(N(c4ccc5sc6ccccc6c5c4)c4cccc5ccccc45)ccc32)cc1. The lowest BCUT2D eigenvalue weighted by atomic mass is 10.0. The summed E-state index contributed by atoms with van der Waals surface area (Å²) >= 11 is 1.84. The van der Waals surface area contributed by atoms with Crippen molar-refractivity contribution in [3.8, 4) is 11.5 Å². The third kappa shape index (κ3) is 3.96. The van der Waals surface area contributed by atoms with Gasteiger partial charge in [-0.15, -0.1) is 11.3 Å². The molecule has 4 heteroatoms. The van der Waals surface area contributed by atoms with Crippen LogP contribution in [0.3, 0.4) is 0 Å². The molecule has 1 aromatic heterocycles. The first kappa shape index (κ1) is 25.0. The predicted octanol–water partition coefficient (Wildman–Crippen LogP) is 12.3. The molecule has 0 saturated heterocycles. The summed E-state index contributed by atoms with van der Waals surface area (Å²) in [4.78, 5) is 4.65. The zero-order valence-corrected chi connectivity index (χ0v) is 24.5. The summed E-state index contributed by atoms with van der Waals surface area (Å²) in [6.07, 6.45) is 0. The second kappa shape index (κ2) is 10.0. The second-order valence-electron chi connectivity index (χ2n) is 11.0. The maximum Gasteiger partial charge on any atom is 0.153 e. The van der Waals surface area contributed by atoms with E-state index in [1.165, 1.54) is 30.9 Å². The highest BCUT2D eigenvalue weighted by atomic mass is 32.1. The molecule has 7 aromatic carbocycles. The van der Waals surface area contributed by atoms with E-state index in [2.05, 4.69) is 155 Å². The average Bonchev–Trinajstić information content (AvgIpc) is 3.46. The summed E-state index contributed by atoms with van der Waals surface area (Å²) in [5.41, 5.74) is 6.39. The van der Waals surface area contributed by atoms with Crippen molar-refractivity contribution < 1.29 is 4.74 Å². The normalized spacial score (nSPS) is 12.2. The molecule has 0 bridgehead atoms. The number of ether oxygens (including phenoxy) is 1. The van der Waals surface area contributed by atoms with Gasteiger partial charge >= 0.3 is 0 Å². The van der Waals surface area contributed by atoms with Crippen LogP contribution in [-0.4, -0.2) is 0 Å². The number of fused-ring (bicyclic) bond motifs is 6. The number of rotatable bonds is 4. The summed E-state index contributed by atoms with van der Waals surface area (Å²) in [5, 5.41) is 4.96. The van der Waals surface area contributed by atoms with Crippen molar-refractivity contribution >= 4 is 76.4 Å². The summed E-state index contributed by atoms with van der Waals surface area (Å²) in [6, 6.07) is 56.0. The fourth-order valence-electron chi connectivity index (χ4n) is 6.42. The van der Waals surface area contributed by atoms with Crippen LogP contribution in [0, 0.1) is 0 Å². The van der Waals surface area contributed by atoms with Gasteiger partial charge in [-0.25, -0.2) is 0 Å². The molecule has 0 fully saturated rings. The Morgan fingerprint density at radius 2 is 1.16 bits per heavy atom. The first-order valence-corrected chi connectivity index (χ1v) is 15.6. The molecular formula is C40H26N2OS. The van der Waals surface area contributed by atoms with Crippen LogP contribution in [0.1, 0.15) is 0 Å². The number of hydrogen-bond acceptors (Lipinski definition) is 4. The minimum Gasteiger partial charge on any atom is -0.453 e. The zero-order chi connectivity index (χ0) is 29.0. The number of thiophene rings is 1. The minimum atomic E-state index is 0.817. The molecule has 0 radical (unpaired) electrons. The molecule has 0 aliphatic carbocycles. The van der Waals surface area contributed by atoms with E-state index in [-0.39, 0.29) is 0 Å². The van der Waals surface area contributed by atoms with Crippen molar-refractivity contribution in [2.75, 3.05) is 9.80 Å². The molecule has 44 heavy (non-hydrogen) atoms. The fraction of sp³-hybridized carbons (Fsp3) is 0. The van der Waals surface area contributed by atoms with Gasteiger partial charge in [0.15, 0.2) is 11.5 Å². The molecule has 2 heterocycles. The van der Waals surface area contributed by atoms with E-state index < -0.39 is 0 Å². The van der Waals surface area contributed by atoms with E-state index in [1.54, 1.807) is 0 Å². The van der Waals surface area contributed by atoms with Gasteiger partial charge in [-0.05, 0) is 72.1 Å². The molecule has 0 N–H and O–H groups in total. The maximum absolute atomic E-state index is 6.63. The Morgan fingerprint density at radius 1 is 0.477 bits per heavy atom. The van der Waals surface area contributed by atoms with Crippen molar-refractivity contribution in [1.82, 2.24) is 0 Å². The lowest BCUT2D eigenvalue weighted by Gasteiger charge is -2.34. The molecule has 0 saturated carbocycles. The van der Waals surface area contributed by atoms with Crippen LogP contribution in [0.5, 0.6) is 11.5 Å². The van der Waals surface area contributed by atoms with Crippen LogP contribution in [0.4, 0.5) is 34.1 Å². The highest BCUT2D eigenvalue weighted by Crippen LogP contribution is 2.52. The Hall–Kier alpha value is -5.58. The molecule has 208 valence electrons. The number of hydrogen-bond donors (Lipinski definition) is 0. The topological polar surface area (TPSA) is 15.7 Å². The van der Waals surface area contributed by atoms with Crippen LogP contribution < -0.4 is 14.5 Å². The Kier molecular flexibility index (Phi) is 5.68. The third-order valence-corrected chi connectivity index (χ3v) is 9.56. The van der Waals surface area contributed by atoms with E-state index in [4.69, 9.17) is 4.74 Å². The van der Waals surface area contributed by atoms with Gasteiger partial charge in [-0.2, -0.15) is 0 Å². The average molecular weight is 583 g/mol. The molecule has 0 spiro atoms. The summed E-state index contributed by atoms with van der Waals surface area (Å²) in [6.45, 7) is 0. The van der Waals surface area contributed by atoms with Crippen LogP contribution in [0.15, 0.2) is 158 Å². The molecule has 0 amide bonds. The number of benzene rings is 7. The molecule has 8 aromatic rings. The summed E-state index contributed by atoms with van der Waals surface area (Å²) < 4.78 is 9.22. The second-order valence-corrected chi connectivity index (χ2v) is 12.1. The molecule has 3 nitrogen and oxygen atoms in total. The highest BCUT2D eigenvalue weighted by molar-refractivity contribution is 7.25. The Labute approximate surface area is 259 Å². The van der Waals surface area contributed by atoms with Crippen LogP contribution >= 0.6 is 11.3 Å². The predicted molar refractivity (Wildman–Crippen MR) is 186 cm³/mol. The molecule has 9 rings (SSSR count). The van der Waals surface area contributed by atoms with E-state index in [0.29, 0.717) is 0 Å². The number of anilines is 6. The Balaban J connectivity index is 1.27. The Bertz CT molecular complexity index is 2340. The minimum absolute atomic E-state index is 0.817. The fourth-order valence-corrected chi connectivity index (χ4v) is 7.51. The van der Waals surface area contributed by atoms with Crippen molar-refractivity contribution in [2.24, 2.45) is 0 Å². The van der Waals surface area contributed by atoms with Gasteiger partial charge in [0.25, 0.3) is 0 Å². The third-order valence-electron chi connectivity index (χ3n) is 8.41. The van der Waals surface area contributed by atoms with Gasteiger partial charge in [-0.1, -0.05) is 84.9 Å². The summed E-state index contributed by atoms with van der Waals surface area (Å²) in [5.74, 6) is 1.65. The Morgan fingerprint density at radius 3 is 2.09 bits per heavy atom. The van der Waals surface area contributed by atoms with E-state index in [9.17, 15) is 0 Å². The standard InChI is InChI=1S/C40H26N2OS/c1-2-13-28(14-3-1)42-35-17-7-8-19-37(35)43-38-26-30(21-23-36(38)42)41(34-18-10-12-27-11-4-5-15-31(27)34)29-22-24-40-33(25-29)32-16-6-9-20-39(32)44-40/h1-26H. The van der Waals surface area contributed by atoms with Crippen molar-refractivity contribution in [3.05, 3.63) is 158 Å². The highest BCUT2D eigenvalue weighted by Gasteiger charge is 2.27. The van der Waals surface area contributed by atoms with Crippen molar-refractivity contribution in [3.63, 3.8) is 0 Å². The quantitative estimate of drug-likeness (QED) is 0.205. The lowest BCUT2D eigenvalue weighted by Crippen LogP contribution is -2.17. The molecule has 0 unspecified atom stereocenters. The van der Waals surface area contributed by atoms with Gasteiger partial charge in [0.2, 0.25) is 0 Å². The van der Waals surface area contributed by atoms with Gasteiger partial charge in [0, 0.05) is 43.0 Å². The van der Waals surface area contributed by atoms with Crippen LogP contribution in [0.25, 0.3) is 30.9 Å². The van der Waals surface area contributed by atoms with E-state index in [1.807, 2.05) is 23.5 Å². The van der Waals surface area contributed by atoms with Gasteiger partial charge in [0.05, 0.1) is 22.7 Å². The lowest BCUT2D eigenvalue weighted by molar-refractivity contribution is 0.477. The molecule has 1 aliphatic rings. The molecule has 1 aliphatic heterocycles. The monoisotopic (exact) mass is 582 g/mol. The zero-order valence-electron chi connectivity index (χ0n) is 23.7. The van der Waals surface area contributed by atoms with E-state index in [0.717, 1.165) is 45.6 Å². The molecular weight excluding hydrogens is 557 g/mol. The maximum atomic E-state index is 6.63. The smallest absolute Gasteiger partial charge is 0.153 e. The van der Waals surface area contributed by atoms with Gasteiger partial charge in [0.1, 0.15) is 0 Å². The van der Waals surface area contributed by atoms with Crippen LogP contribution in [-0.2, 0) is 0 Å². The molecule has 0 atom stereocenters. The number of para-hydroxylation sites is 3. The first-order valence-electron chi connectivity index (χ1n) is 14.8. The largest absolute Gasteiger partial charge is 0.453 e. The van der Waals surface area contributed by atoms with Crippen molar-refractivity contribution in [2.45, 2.75) is 0 Å². The van der Waals surface area contributed by atoms with Crippen LogP contribution in [0.2, 0.25) is 0 Å². The number of nitrogens with zero attached hydrogens (tertiary/aromatic N) is 2. The van der Waals surface area contributed by atoms with Crippen molar-refractivity contribution in [1.29, 1.82) is 0 Å². The van der Waals surface area contributed by atoms with Gasteiger partial charge in [-0.3, -0.25) is 0 Å². The van der Waals surface area contributed by atoms with E-state index >= 15 is 0 Å². The summed E-state index contributed by atoms with van der Waals surface area (Å²) in [7, 11) is 0.